The molecule has 0 aromatic rings. The number of likely N-dealkylation sites (N-methyl/N-ethyl adjacent to an activating group) is 1. The zero-order valence-corrected chi connectivity index (χ0v) is 19.3. The molecule has 0 radical (unpaired) electrons. The summed E-state index contributed by atoms with van der Waals surface area (Å²) >= 11 is 0. The van der Waals surface area contributed by atoms with Crippen LogP contribution in [0.1, 0.15) is 68.2 Å². The van der Waals surface area contributed by atoms with Crippen LogP contribution in [0.3, 0.4) is 0 Å². The molecule has 0 bridgehead atoms. The Bertz CT molecular complexity index is 369. The van der Waals surface area contributed by atoms with Crippen LogP contribution >= 0.6 is 0 Å². The van der Waals surface area contributed by atoms with Gasteiger partial charge in [0.15, 0.2) is 0 Å². The molecule has 0 saturated carbocycles. The van der Waals surface area contributed by atoms with Gasteiger partial charge in [0.05, 0.1) is 0 Å². The van der Waals surface area contributed by atoms with Crippen molar-refractivity contribution in [1.82, 2.24) is 19.6 Å². The normalized spacial score (nSPS) is 28.2. The summed E-state index contributed by atoms with van der Waals surface area (Å²) in [7, 11) is 2.22. The second-order valence-corrected chi connectivity index (χ2v) is 9.37. The first-order valence-electron chi connectivity index (χ1n) is 11.1. The maximum atomic E-state index is 2.63. The first kappa shape index (κ1) is 23.9. The fourth-order valence-corrected chi connectivity index (χ4v) is 4.34. The summed E-state index contributed by atoms with van der Waals surface area (Å²) in [6.45, 7) is 26.0. The SMILES string of the molecule is CC(C)N1CCC(C)N(C(C)C)CC1.CC(C)N1CCN(C)CC[C@@H]1C. The van der Waals surface area contributed by atoms with E-state index in [4.69, 9.17) is 0 Å². The number of rotatable bonds is 3. The van der Waals surface area contributed by atoms with Crippen molar-refractivity contribution in [3.8, 4) is 0 Å². The van der Waals surface area contributed by atoms with E-state index in [1.54, 1.807) is 0 Å². The molecule has 26 heavy (non-hydrogen) atoms. The highest BCUT2D eigenvalue weighted by molar-refractivity contribution is 4.79. The molecule has 0 aromatic carbocycles. The number of hydrogen-bond donors (Lipinski definition) is 0. The summed E-state index contributed by atoms with van der Waals surface area (Å²) in [6, 6.07) is 3.60. The molecule has 0 amide bonds. The smallest absolute Gasteiger partial charge is 0.0115 e. The molecule has 2 heterocycles. The molecule has 0 aromatic heterocycles. The van der Waals surface area contributed by atoms with Crippen LogP contribution in [0.15, 0.2) is 0 Å². The predicted octanol–water partition coefficient (Wildman–Crippen LogP) is 3.62. The van der Waals surface area contributed by atoms with Crippen LogP contribution in [0, 0.1) is 0 Å². The van der Waals surface area contributed by atoms with Gasteiger partial charge in [0, 0.05) is 56.4 Å². The minimum Gasteiger partial charge on any atom is -0.305 e. The lowest BCUT2D eigenvalue weighted by molar-refractivity contribution is 0.166. The van der Waals surface area contributed by atoms with E-state index in [2.05, 4.69) is 82.0 Å². The van der Waals surface area contributed by atoms with Crippen molar-refractivity contribution in [2.45, 2.75) is 98.4 Å². The molecule has 2 fully saturated rings. The van der Waals surface area contributed by atoms with E-state index in [1.807, 2.05) is 0 Å². The van der Waals surface area contributed by atoms with Gasteiger partial charge in [-0.05, 0) is 88.4 Å². The Labute approximate surface area is 164 Å². The second kappa shape index (κ2) is 11.6. The third-order valence-corrected chi connectivity index (χ3v) is 6.34. The van der Waals surface area contributed by atoms with Gasteiger partial charge in [-0.3, -0.25) is 14.7 Å². The monoisotopic (exact) mass is 368 g/mol. The van der Waals surface area contributed by atoms with Crippen molar-refractivity contribution in [2.24, 2.45) is 0 Å². The van der Waals surface area contributed by atoms with Crippen molar-refractivity contribution in [3.05, 3.63) is 0 Å². The third-order valence-electron chi connectivity index (χ3n) is 6.34. The van der Waals surface area contributed by atoms with Crippen molar-refractivity contribution < 1.29 is 0 Å². The largest absolute Gasteiger partial charge is 0.305 e. The van der Waals surface area contributed by atoms with Gasteiger partial charge < -0.3 is 4.90 Å². The Balaban J connectivity index is 0.000000263. The van der Waals surface area contributed by atoms with E-state index >= 15 is 0 Å². The Morgan fingerprint density at radius 1 is 0.577 bits per heavy atom. The van der Waals surface area contributed by atoms with Gasteiger partial charge in [0.25, 0.3) is 0 Å². The van der Waals surface area contributed by atoms with E-state index < -0.39 is 0 Å². The standard InChI is InChI=1S/C12H26N2.C10H22N2/c1-10(2)13-7-6-12(5)14(9-8-13)11(3)4;1-9(2)12-8-7-11(4)6-5-10(12)3/h10-12H,6-9H2,1-5H3;9-10H,5-8H2,1-4H3/t;10-/m.0/s1. The second-order valence-electron chi connectivity index (χ2n) is 9.37. The molecule has 2 atom stereocenters. The van der Waals surface area contributed by atoms with Gasteiger partial charge >= 0.3 is 0 Å². The predicted molar refractivity (Wildman–Crippen MR) is 116 cm³/mol. The Morgan fingerprint density at radius 3 is 1.50 bits per heavy atom. The molecular weight excluding hydrogens is 320 g/mol. The minimum atomic E-state index is 0.692. The van der Waals surface area contributed by atoms with Crippen LogP contribution in [0.5, 0.6) is 0 Å². The highest BCUT2D eigenvalue weighted by Crippen LogP contribution is 2.15. The molecule has 0 spiro atoms. The minimum absolute atomic E-state index is 0.692. The van der Waals surface area contributed by atoms with Crippen molar-refractivity contribution in [1.29, 1.82) is 0 Å². The summed E-state index contributed by atoms with van der Waals surface area (Å²) in [5.41, 5.74) is 0. The average molecular weight is 369 g/mol. The molecule has 1 unspecified atom stereocenters. The van der Waals surface area contributed by atoms with Gasteiger partial charge in [-0.2, -0.15) is 0 Å². The topological polar surface area (TPSA) is 13.0 Å². The molecule has 2 saturated heterocycles. The van der Waals surface area contributed by atoms with Crippen LogP contribution in [0.25, 0.3) is 0 Å². The zero-order chi connectivity index (χ0) is 19.9. The van der Waals surface area contributed by atoms with Gasteiger partial charge in [0.2, 0.25) is 0 Å². The highest BCUT2D eigenvalue weighted by atomic mass is 15.3. The highest BCUT2D eigenvalue weighted by Gasteiger charge is 2.23. The van der Waals surface area contributed by atoms with Crippen LogP contribution in [-0.4, -0.2) is 96.1 Å². The molecule has 0 N–H and O–H groups in total. The van der Waals surface area contributed by atoms with Crippen molar-refractivity contribution in [2.75, 3.05) is 46.3 Å². The quantitative estimate of drug-likeness (QED) is 0.754. The van der Waals surface area contributed by atoms with E-state index in [0.29, 0.717) is 18.1 Å². The fourth-order valence-electron chi connectivity index (χ4n) is 4.34. The van der Waals surface area contributed by atoms with Gasteiger partial charge in [0.1, 0.15) is 0 Å². The maximum absolute atomic E-state index is 2.63. The first-order chi connectivity index (χ1) is 12.1. The van der Waals surface area contributed by atoms with Crippen molar-refractivity contribution in [3.63, 3.8) is 0 Å². The Hall–Kier alpha value is -0.160. The van der Waals surface area contributed by atoms with Gasteiger partial charge in [-0.25, -0.2) is 0 Å². The van der Waals surface area contributed by atoms with Crippen LogP contribution < -0.4 is 0 Å². The summed E-state index contributed by atoms with van der Waals surface area (Å²) in [5.74, 6) is 0. The summed E-state index contributed by atoms with van der Waals surface area (Å²) in [5, 5.41) is 0. The summed E-state index contributed by atoms with van der Waals surface area (Å²) in [4.78, 5) is 10.3. The zero-order valence-electron chi connectivity index (χ0n) is 19.3. The molecule has 2 rings (SSSR count). The van der Waals surface area contributed by atoms with E-state index in [9.17, 15) is 0 Å². The van der Waals surface area contributed by atoms with Crippen LogP contribution in [-0.2, 0) is 0 Å². The van der Waals surface area contributed by atoms with Gasteiger partial charge in [-0.15, -0.1) is 0 Å². The molecule has 156 valence electrons. The van der Waals surface area contributed by atoms with E-state index in [0.717, 1.165) is 12.1 Å². The molecule has 2 aliphatic heterocycles. The number of hydrogen-bond acceptors (Lipinski definition) is 4. The van der Waals surface area contributed by atoms with E-state index in [-0.39, 0.29) is 0 Å². The van der Waals surface area contributed by atoms with Crippen LogP contribution in [0.4, 0.5) is 0 Å². The molecule has 0 aliphatic carbocycles. The van der Waals surface area contributed by atoms with Crippen molar-refractivity contribution >= 4 is 0 Å². The molecular formula is C22H48N4. The van der Waals surface area contributed by atoms with Crippen LogP contribution in [0.2, 0.25) is 0 Å². The average Bonchev–Trinajstić information content (AvgIpc) is 2.84. The lowest BCUT2D eigenvalue weighted by atomic mass is 10.1. The lowest BCUT2D eigenvalue weighted by Gasteiger charge is -2.30. The van der Waals surface area contributed by atoms with E-state index in [1.165, 1.54) is 52.1 Å². The third kappa shape index (κ3) is 7.84. The molecule has 4 heteroatoms. The lowest BCUT2D eigenvalue weighted by Crippen LogP contribution is -2.40. The van der Waals surface area contributed by atoms with Gasteiger partial charge in [-0.1, -0.05) is 0 Å². The number of nitrogens with zero attached hydrogens (tertiary/aromatic N) is 4. The Morgan fingerprint density at radius 2 is 1.04 bits per heavy atom. The summed E-state index contributed by atoms with van der Waals surface area (Å²) < 4.78 is 0. The first-order valence-corrected chi connectivity index (χ1v) is 11.1. The fraction of sp³-hybridized carbons (Fsp3) is 1.00. The maximum Gasteiger partial charge on any atom is 0.0115 e. The summed E-state index contributed by atoms with van der Waals surface area (Å²) in [6.07, 6.45) is 2.63. The molecule has 2 aliphatic rings. The molecule has 4 nitrogen and oxygen atoms in total. The Kier molecular flexibility index (Phi) is 10.7.